The predicted octanol–water partition coefficient (Wildman–Crippen LogP) is 5.80. The normalized spacial score (nSPS) is 10.6. The molecule has 0 unspecified atom stereocenters. The zero-order valence-electron chi connectivity index (χ0n) is 14.1. The standard InChI is InChI=1S/C20H22O2S2/c1-15-7-11-17(12-8-15)23-19(21)5-3-4-6-20(22)24-18-13-9-16(2)10-14-18/h7-14H,3-6H2,1-2H3. The number of benzene rings is 2. The van der Waals surface area contributed by atoms with E-state index in [0.717, 1.165) is 22.6 Å². The molecule has 2 rings (SSSR count). The minimum absolute atomic E-state index is 0.164. The van der Waals surface area contributed by atoms with E-state index < -0.39 is 0 Å². The quantitative estimate of drug-likeness (QED) is 0.462. The molecule has 0 N–H and O–H groups in total. The summed E-state index contributed by atoms with van der Waals surface area (Å²) < 4.78 is 0. The fourth-order valence-corrected chi connectivity index (χ4v) is 3.68. The molecule has 2 aromatic rings. The zero-order valence-corrected chi connectivity index (χ0v) is 15.7. The monoisotopic (exact) mass is 358 g/mol. The Morgan fingerprint density at radius 2 is 1.00 bits per heavy atom. The average molecular weight is 359 g/mol. The molecule has 0 spiro atoms. The Morgan fingerprint density at radius 3 is 1.33 bits per heavy atom. The van der Waals surface area contributed by atoms with Crippen LogP contribution in [0.2, 0.25) is 0 Å². The maximum Gasteiger partial charge on any atom is 0.193 e. The molecule has 2 aromatic carbocycles. The summed E-state index contributed by atoms with van der Waals surface area (Å²) >= 11 is 2.57. The minimum atomic E-state index is 0.164. The molecule has 4 heteroatoms. The first-order chi connectivity index (χ1) is 11.5. The highest BCUT2D eigenvalue weighted by Crippen LogP contribution is 2.24. The topological polar surface area (TPSA) is 34.1 Å². The van der Waals surface area contributed by atoms with Gasteiger partial charge >= 0.3 is 0 Å². The van der Waals surface area contributed by atoms with E-state index in [4.69, 9.17) is 0 Å². The Kier molecular flexibility index (Phi) is 7.60. The Hall–Kier alpha value is -1.52. The van der Waals surface area contributed by atoms with Gasteiger partial charge in [-0.25, -0.2) is 0 Å². The molecule has 0 atom stereocenters. The van der Waals surface area contributed by atoms with Gasteiger partial charge in [0.15, 0.2) is 10.2 Å². The number of unbranched alkanes of at least 4 members (excludes halogenated alkanes) is 1. The molecule has 24 heavy (non-hydrogen) atoms. The number of rotatable bonds is 7. The smallest absolute Gasteiger partial charge is 0.193 e. The van der Waals surface area contributed by atoms with Crippen molar-refractivity contribution in [3.8, 4) is 0 Å². The van der Waals surface area contributed by atoms with Crippen LogP contribution in [0.5, 0.6) is 0 Å². The van der Waals surface area contributed by atoms with E-state index in [2.05, 4.69) is 0 Å². The van der Waals surface area contributed by atoms with Crippen LogP contribution in [0.15, 0.2) is 58.3 Å². The van der Waals surface area contributed by atoms with Gasteiger partial charge in [-0.05, 0) is 51.0 Å². The second kappa shape index (κ2) is 9.70. The third-order valence-electron chi connectivity index (χ3n) is 3.52. The molecular formula is C20H22O2S2. The van der Waals surface area contributed by atoms with Crippen LogP contribution >= 0.6 is 23.5 Å². The lowest BCUT2D eigenvalue weighted by Gasteiger charge is -2.03. The fraction of sp³-hybridized carbons (Fsp3) is 0.300. The van der Waals surface area contributed by atoms with Gasteiger partial charge in [-0.15, -0.1) is 0 Å². The molecule has 0 aliphatic rings. The number of carbonyl (C=O) groups excluding carboxylic acids is 2. The first kappa shape index (κ1) is 18.8. The summed E-state index contributed by atoms with van der Waals surface area (Å²) in [5.41, 5.74) is 2.38. The van der Waals surface area contributed by atoms with Crippen LogP contribution in [0.4, 0.5) is 0 Å². The lowest BCUT2D eigenvalue weighted by Crippen LogP contribution is -1.95. The van der Waals surface area contributed by atoms with Crippen molar-refractivity contribution in [2.75, 3.05) is 0 Å². The van der Waals surface area contributed by atoms with Crippen LogP contribution in [0.25, 0.3) is 0 Å². The second-order valence-corrected chi connectivity index (χ2v) is 8.04. The Balaban J connectivity index is 1.63. The van der Waals surface area contributed by atoms with E-state index in [0.29, 0.717) is 12.8 Å². The lowest BCUT2D eigenvalue weighted by molar-refractivity contribution is -0.112. The molecule has 0 bridgehead atoms. The SMILES string of the molecule is Cc1ccc(SC(=O)CCCCC(=O)Sc2ccc(C)cc2)cc1. The number of aryl methyl sites for hydroxylation is 2. The van der Waals surface area contributed by atoms with Crippen LogP contribution in [0.1, 0.15) is 36.8 Å². The summed E-state index contributed by atoms with van der Waals surface area (Å²) in [5.74, 6) is 0. The van der Waals surface area contributed by atoms with Crippen LogP contribution in [0, 0.1) is 13.8 Å². The summed E-state index contributed by atoms with van der Waals surface area (Å²) in [6.07, 6.45) is 2.55. The molecule has 0 saturated carbocycles. The molecule has 0 heterocycles. The van der Waals surface area contributed by atoms with Crippen molar-refractivity contribution in [2.45, 2.75) is 49.3 Å². The Morgan fingerprint density at radius 1 is 0.667 bits per heavy atom. The third-order valence-corrected chi connectivity index (χ3v) is 5.40. The molecule has 0 aliphatic heterocycles. The highest BCUT2D eigenvalue weighted by molar-refractivity contribution is 8.13. The number of hydrogen-bond donors (Lipinski definition) is 0. The van der Waals surface area contributed by atoms with E-state index in [9.17, 15) is 9.59 Å². The predicted molar refractivity (Wildman–Crippen MR) is 103 cm³/mol. The highest BCUT2D eigenvalue weighted by atomic mass is 32.2. The summed E-state index contributed by atoms with van der Waals surface area (Å²) in [7, 11) is 0. The van der Waals surface area contributed by atoms with Gasteiger partial charge in [-0.2, -0.15) is 0 Å². The van der Waals surface area contributed by atoms with Crippen LogP contribution in [-0.4, -0.2) is 10.2 Å². The van der Waals surface area contributed by atoms with Gasteiger partial charge in [0, 0.05) is 22.6 Å². The summed E-state index contributed by atoms with van der Waals surface area (Å²) in [6, 6.07) is 15.9. The van der Waals surface area contributed by atoms with Gasteiger partial charge in [-0.3, -0.25) is 9.59 Å². The van der Waals surface area contributed by atoms with E-state index in [1.165, 1.54) is 34.7 Å². The Bertz CT molecular complexity index is 614. The Labute approximate surface area is 152 Å². The maximum atomic E-state index is 11.9. The zero-order chi connectivity index (χ0) is 17.4. The molecule has 0 fully saturated rings. The fourth-order valence-electron chi connectivity index (χ4n) is 2.12. The summed E-state index contributed by atoms with van der Waals surface area (Å²) in [5, 5.41) is 0.329. The lowest BCUT2D eigenvalue weighted by atomic mass is 10.2. The van der Waals surface area contributed by atoms with Gasteiger partial charge < -0.3 is 0 Å². The molecule has 2 nitrogen and oxygen atoms in total. The molecule has 0 saturated heterocycles. The van der Waals surface area contributed by atoms with E-state index >= 15 is 0 Å². The van der Waals surface area contributed by atoms with E-state index in [-0.39, 0.29) is 10.2 Å². The molecule has 0 aromatic heterocycles. The van der Waals surface area contributed by atoms with Crippen molar-refractivity contribution in [2.24, 2.45) is 0 Å². The summed E-state index contributed by atoms with van der Waals surface area (Å²) in [6.45, 7) is 4.06. The maximum absolute atomic E-state index is 11.9. The van der Waals surface area contributed by atoms with Crippen molar-refractivity contribution in [3.05, 3.63) is 59.7 Å². The first-order valence-electron chi connectivity index (χ1n) is 8.07. The number of carbonyl (C=O) groups is 2. The van der Waals surface area contributed by atoms with Crippen molar-refractivity contribution in [1.82, 2.24) is 0 Å². The molecule has 0 amide bonds. The van der Waals surface area contributed by atoms with E-state index in [1.807, 2.05) is 62.4 Å². The average Bonchev–Trinajstić information content (AvgIpc) is 2.56. The van der Waals surface area contributed by atoms with Crippen molar-refractivity contribution >= 4 is 33.8 Å². The van der Waals surface area contributed by atoms with Crippen molar-refractivity contribution < 1.29 is 9.59 Å². The van der Waals surface area contributed by atoms with Gasteiger partial charge in [0.25, 0.3) is 0 Å². The molecular weight excluding hydrogens is 336 g/mol. The molecule has 126 valence electrons. The highest BCUT2D eigenvalue weighted by Gasteiger charge is 2.08. The van der Waals surface area contributed by atoms with E-state index in [1.54, 1.807) is 0 Å². The number of thioether (sulfide) groups is 2. The number of hydrogen-bond acceptors (Lipinski definition) is 4. The first-order valence-corrected chi connectivity index (χ1v) is 9.71. The van der Waals surface area contributed by atoms with Crippen LogP contribution < -0.4 is 0 Å². The van der Waals surface area contributed by atoms with Crippen LogP contribution in [-0.2, 0) is 9.59 Å². The molecule has 0 radical (unpaired) electrons. The minimum Gasteiger partial charge on any atom is -0.287 e. The van der Waals surface area contributed by atoms with Gasteiger partial charge in [0.2, 0.25) is 0 Å². The second-order valence-electron chi connectivity index (χ2n) is 5.78. The van der Waals surface area contributed by atoms with Crippen molar-refractivity contribution in [3.63, 3.8) is 0 Å². The molecule has 0 aliphatic carbocycles. The van der Waals surface area contributed by atoms with Gasteiger partial charge in [-0.1, -0.05) is 58.9 Å². The van der Waals surface area contributed by atoms with Crippen molar-refractivity contribution in [1.29, 1.82) is 0 Å². The third kappa shape index (κ3) is 6.93. The largest absolute Gasteiger partial charge is 0.287 e. The summed E-state index contributed by atoms with van der Waals surface area (Å²) in [4.78, 5) is 25.8. The van der Waals surface area contributed by atoms with Gasteiger partial charge in [0.1, 0.15) is 0 Å². The van der Waals surface area contributed by atoms with Crippen LogP contribution in [0.3, 0.4) is 0 Å². The van der Waals surface area contributed by atoms with Gasteiger partial charge in [0.05, 0.1) is 0 Å².